The van der Waals surface area contributed by atoms with Crippen molar-refractivity contribution in [2.45, 2.75) is 33.1 Å². The minimum atomic E-state index is 0.325. The van der Waals surface area contributed by atoms with Crippen LogP contribution in [0.4, 0.5) is 5.69 Å². The molecule has 2 rings (SSSR count). The minimum absolute atomic E-state index is 0.325. The Labute approximate surface area is 104 Å². The molecule has 1 atom stereocenters. The second kappa shape index (κ2) is 5.54. The van der Waals surface area contributed by atoms with Crippen LogP contribution in [0, 0.1) is 19.8 Å². The van der Waals surface area contributed by atoms with Crippen LogP contribution in [0.5, 0.6) is 0 Å². The number of aliphatic hydroxyl groups excluding tert-OH is 1. The third-order valence-corrected chi connectivity index (χ3v) is 3.97. The minimum Gasteiger partial charge on any atom is -0.396 e. The van der Waals surface area contributed by atoms with Crippen LogP contribution < -0.4 is 4.90 Å². The van der Waals surface area contributed by atoms with Crippen LogP contribution in [-0.4, -0.2) is 24.8 Å². The number of hydrogen-bond donors (Lipinski definition) is 1. The van der Waals surface area contributed by atoms with Crippen LogP contribution in [0.2, 0.25) is 0 Å². The SMILES string of the molecule is Cc1cccc(N2CCCC(CCO)C2)c1C. The van der Waals surface area contributed by atoms with Gasteiger partial charge in [0.2, 0.25) is 0 Å². The third kappa shape index (κ3) is 2.81. The summed E-state index contributed by atoms with van der Waals surface area (Å²) in [5.74, 6) is 0.661. The van der Waals surface area contributed by atoms with Crippen molar-refractivity contribution in [3.8, 4) is 0 Å². The van der Waals surface area contributed by atoms with Gasteiger partial charge < -0.3 is 10.0 Å². The van der Waals surface area contributed by atoms with Crippen molar-refractivity contribution < 1.29 is 5.11 Å². The van der Waals surface area contributed by atoms with Crippen molar-refractivity contribution in [3.63, 3.8) is 0 Å². The molecule has 1 fully saturated rings. The van der Waals surface area contributed by atoms with E-state index in [0.717, 1.165) is 19.5 Å². The van der Waals surface area contributed by atoms with Gasteiger partial charge in [0, 0.05) is 25.4 Å². The Morgan fingerprint density at radius 3 is 2.94 bits per heavy atom. The lowest BCUT2D eigenvalue weighted by Gasteiger charge is -2.35. The van der Waals surface area contributed by atoms with Crippen molar-refractivity contribution in [2.24, 2.45) is 5.92 Å². The molecule has 0 bridgehead atoms. The molecule has 1 aromatic carbocycles. The van der Waals surface area contributed by atoms with Crippen LogP contribution in [0.25, 0.3) is 0 Å². The van der Waals surface area contributed by atoms with Crippen LogP contribution in [0.15, 0.2) is 18.2 Å². The highest BCUT2D eigenvalue weighted by Gasteiger charge is 2.20. The summed E-state index contributed by atoms with van der Waals surface area (Å²) < 4.78 is 0. The highest BCUT2D eigenvalue weighted by molar-refractivity contribution is 5.56. The third-order valence-electron chi connectivity index (χ3n) is 3.97. The Morgan fingerprint density at radius 2 is 2.18 bits per heavy atom. The Kier molecular flexibility index (Phi) is 4.06. The topological polar surface area (TPSA) is 23.5 Å². The maximum absolute atomic E-state index is 9.06. The van der Waals surface area contributed by atoms with E-state index >= 15 is 0 Å². The maximum Gasteiger partial charge on any atom is 0.0434 e. The number of aliphatic hydroxyl groups is 1. The Hall–Kier alpha value is -1.02. The summed E-state index contributed by atoms with van der Waals surface area (Å²) in [6, 6.07) is 6.55. The molecule has 94 valence electrons. The van der Waals surface area contributed by atoms with Crippen LogP contribution in [-0.2, 0) is 0 Å². The largest absolute Gasteiger partial charge is 0.396 e. The Balaban J connectivity index is 2.13. The van der Waals surface area contributed by atoms with Crippen LogP contribution in [0.3, 0.4) is 0 Å². The quantitative estimate of drug-likeness (QED) is 0.867. The van der Waals surface area contributed by atoms with Gasteiger partial charge in [-0.1, -0.05) is 12.1 Å². The van der Waals surface area contributed by atoms with E-state index in [1.165, 1.54) is 29.7 Å². The average molecular weight is 233 g/mol. The van der Waals surface area contributed by atoms with Gasteiger partial charge in [0.1, 0.15) is 0 Å². The first kappa shape index (κ1) is 12.4. The normalized spacial score (nSPS) is 20.6. The first-order chi connectivity index (χ1) is 8.22. The van der Waals surface area contributed by atoms with Crippen molar-refractivity contribution in [1.82, 2.24) is 0 Å². The van der Waals surface area contributed by atoms with Gasteiger partial charge >= 0.3 is 0 Å². The van der Waals surface area contributed by atoms with E-state index in [2.05, 4.69) is 36.9 Å². The molecule has 1 N–H and O–H groups in total. The van der Waals surface area contributed by atoms with Crippen molar-refractivity contribution in [1.29, 1.82) is 0 Å². The fourth-order valence-electron chi connectivity index (χ4n) is 2.78. The van der Waals surface area contributed by atoms with Gasteiger partial charge in [-0.25, -0.2) is 0 Å². The lowest BCUT2D eigenvalue weighted by molar-refractivity contribution is 0.244. The van der Waals surface area contributed by atoms with Crippen molar-refractivity contribution >= 4 is 5.69 Å². The Bertz CT molecular complexity index is 373. The summed E-state index contributed by atoms with van der Waals surface area (Å²) in [6.45, 7) is 6.97. The summed E-state index contributed by atoms with van der Waals surface area (Å²) in [5, 5.41) is 9.06. The number of aryl methyl sites for hydroxylation is 1. The number of hydrogen-bond acceptors (Lipinski definition) is 2. The molecular formula is C15H23NO. The summed E-state index contributed by atoms with van der Waals surface area (Å²) in [4.78, 5) is 2.49. The smallest absolute Gasteiger partial charge is 0.0434 e. The summed E-state index contributed by atoms with van der Waals surface area (Å²) in [6.07, 6.45) is 3.46. The van der Waals surface area contributed by atoms with Gasteiger partial charge in [0.05, 0.1) is 0 Å². The second-order valence-electron chi connectivity index (χ2n) is 5.19. The highest BCUT2D eigenvalue weighted by atomic mass is 16.3. The van der Waals surface area contributed by atoms with E-state index in [1.54, 1.807) is 0 Å². The maximum atomic E-state index is 9.06. The van der Waals surface area contributed by atoms with Crippen LogP contribution >= 0.6 is 0 Å². The number of anilines is 1. The molecule has 0 amide bonds. The van der Waals surface area contributed by atoms with E-state index in [-0.39, 0.29) is 0 Å². The van der Waals surface area contributed by atoms with E-state index in [4.69, 9.17) is 5.11 Å². The van der Waals surface area contributed by atoms with Gasteiger partial charge in [0.25, 0.3) is 0 Å². The molecule has 1 aliphatic heterocycles. The standard InChI is InChI=1S/C15H23NO/c1-12-5-3-7-15(13(12)2)16-9-4-6-14(11-16)8-10-17/h3,5,7,14,17H,4,6,8-11H2,1-2H3. The van der Waals surface area contributed by atoms with E-state index in [9.17, 15) is 0 Å². The lowest BCUT2D eigenvalue weighted by atomic mass is 9.94. The number of piperidine rings is 1. The molecular weight excluding hydrogens is 210 g/mol. The molecule has 1 aromatic rings. The van der Waals surface area contributed by atoms with E-state index in [0.29, 0.717) is 12.5 Å². The van der Waals surface area contributed by atoms with Gasteiger partial charge in [-0.3, -0.25) is 0 Å². The van der Waals surface area contributed by atoms with Gasteiger partial charge in [-0.05, 0) is 56.2 Å². The number of rotatable bonds is 3. The molecule has 1 unspecified atom stereocenters. The highest BCUT2D eigenvalue weighted by Crippen LogP contribution is 2.28. The zero-order valence-corrected chi connectivity index (χ0v) is 10.9. The molecule has 2 nitrogen and oxygen atoms in total. The first-order valence-corrected chi connectivity index (χ1v) is 6.64. The first-order valence-electron chi connectivity index (χ1n) is 6.64. The van der Waals surface area contributed by atoms with Gasteiger partial charge in [0.15, 0.2) is 0 Å². The van der Waals surface area contributed by atoms with E-state index in [1.807, 2.05) is 0 Å². The predicted octanol–water partition coefficient (Wildman–Crippen LogP) is 2.90. The molecule has 1 aliphatic rings. The van der Waals surface area contributed by atoms with Crippen molar-refractivity contribution in [2.75, 3.05) is 24.6 Å². The monoisotopic (exact) mass is 233 g/mol. The summed E-state index contributed by atoms with van der Waals surface area (Å²) >= 11 is 0. The number of nitrogens with zero attached hydrogens (tertiary/aromatic N) is 1. The zero-order valence-electron chi connectivity index (χ0n) is 10.9. The molecule has 0 saturated carbocycles. The molecule has 0 spiro atoms. The molecule has 0 aromatic heterocycles. The van der Waals surface area contributed by atoms with Crippen molar-refractivity contribution in [3.05, 3.63) is 29.3 Å². The molecule has 0 radical (unpaired) electrons. The fraction of sp³-hybridized carbons (Fsp3) is 0.600. The summed E-state index contributed by atoms with van der Waals surface area (Å²) in [7, 11) is 0. The predicted molar refractivity (Wildman–Crippen MR) is 72.6 cm³/mol. The molecule has 2 heteroatoms. The molecule has 1 saturated heterocycles. The molecule has 1 heterocycles. The summed E-state index contributed by atoms with van der Waals surface area (Å²) in [5.41, 5.74) is 4.15. The number of benzene rings is 1. The fourth-order valence-corrected chi connectivity index (χ4v) is 2.78. The van der Waals surface area contributed by atoms with E-state index < -0.39 is 0 Å². The van der Waals surface area contributed by atoms with Crippen LogP contribution in [0.1, 0.15) is 30.4 Å². The second-order valence-corrected chi connectivity index (χ2v) is 5.19. The zero-order chi connectivity index (χ0) is 12.3. The molecule has 17 heavy (non-hydrogen) atoms. The van der Waals surface area contributed by atoms with Gasteiger partial charge in [-0.2, -0.15) is 0 Å². The average Bonchev–Trinajstić information content (AvgIpc) is 2.33. The van der Waals surface area contributed by atoms with Gasteiger partial charge in [-0.15, -0.1) is 0 Å². The molecule has 0 aliphatic carbocycles. The Morgan fingerprint density at radius 1 is 1.35 bits per heavy atom. The lowest BCUT2D eigenvalue weighted by Crippen LogP contribution is -2.36.